The monoisotopic (exact) mass is 432 g/mol. The summed E-state index contributed by atoms with van der Waals surface area (Å²) < 4.78 is 45.9. The van der Waals surface area contributed by atoms with Crippen molar-refractivity contribution in [2.45, 2.75) is 10.4 Å². The van der Waals surface area contributed by atoms with Gasteiger partial charge in [-0.15, -0.1) is 0 Å². The van der Waals surface area contributed by atoms with Gasteiger partial charge in [-0.2, -0.15) is 23.4 Å². The van der Waals surface area contributed by atoms with Gasteiger partial charge in [-0.3, -0.25) is 4.68 Å². The van der Waals surface area contributed by atoms with E-state index in [1.54, 1.807) is 59.1 Å². The first-order valence-corrected chi connectivity index (χ1v) is 9.53. The predicted octanol–water partition coefficient (Wildman–Crippen LogP) is 4.82. The highest BCUT2D eigenvalue weighted by Gasteiger charge is 2.29. The number of aryl methyl sites for hydroxylation is 1. The van der Waals surface area contributed by atoms with Gasteiger partial charge < -0.3 is 4.74 Å². The van der Waals surface area contributed by atoms with E-state index < -0.39 is 11.5 Å². The van der Waals surface area contributed by atoms with Gasteiger partial charge in [0.25, 0.3) is 0 Å². The van der Waals surface area contributed by atoms with Gasteiger partial charge in [0, 0.05) is 29.1 Å². The Morgan fingerprint density at radius 1 is 1.13 bits per heavy atom. The van der Waals surface area contributed by atoms with Crippen molar-refractivity contribution in [3.8, 4) is 16.9 Å². The summed E-state index contributed by atoms with van der Waals surface area (Å²) in [5.74, 6) is -0.477. The minimum atomic E-state index is -4.35. The van der Waals surface area contributed by atoms with Crippen LogP contribution in [0, 0.1) is 0 Å². The van der Waals surface area contributed by atoms with Crippen LogP contribution >= 0.6 is 11.8 Å². The first-order chi connectivity index (χ1) is 14.2. The van der Waals surface area contributed by atoms with Crippen molar-refractivity contribution in [2.75, 3.05) is 7.11 Å². The molecular weight excluding hydrogens is 417 g/mol. The molecule has 4 aromatic rings. The number of hydrogen-bond donors (Lipinski definition) is 0. The first-order valence-electron chi connectivity index (χ1n) is 8.71. The van der Waals surface area contributed by atoms with Crippen LogP contribution in [0.3, 0.4) is 0 Å². The van der Waals surface area contributed by atoms with E-state index in [2.05, 4.69) is 10.2 Å². The average molecular weight is 432 g/mol. The summed E-state index contributed by atoms with van der Waals surface area (Å²) in [4.78, 5) is 12.1. The third kappa shape index (κ3) is 3.90. The second-order valence-corrected chi connectivity index (χ2v) is 7.57. The lowest BCUT2D eigenvalue weighted by atomic mass is 10.1. The molecule has 0 saturated heterocycles. The van der Waals surface area contributed by atoms with Crippen LogP contribution in [0.25, 0.3) is 27.8 Å². The molecule has 2 heterocycles. The van der Waals surface area contributed by atoms with Crippen molar-refractivity contribution < 1.29 is 22.7 Å². The van der Waals surface area contributed by atoms with Crippen molar-refractivity contribution in [3.63, 3.8) is 0 Å². The van der Waals surface area contributed by atoms with Gasteiger partial charge in [0.2, 0.25) is 0 Å². The number of carbonyl (C=O) groups excluding carboxylic acids is 1. The van der Waals surface area contributed by atoms with Crippen molar-refractivity contribution in [1.82, 2.24) is 19.6 Å². The zero-order valence-corrected chi connectivity index (χ0v) is 16.7. The Kier molecular flexibility index (Phi) is 5.02. The highest BCUT2D eigenvalue weighted by molar-refractivity contribution is 8.00. The number of halogens is 3. The molecule has 0 aliphatic carbocycles. The van der Waals surface area contributed by atoms with E-state index in [9.17, 15) is 18.0 Å². The Balaban J connectivity index is 1.85. The number of nitrogens with zero attached hydrogens (tertiary/aromatic N) is 4. The number of ether oxygens (including phenoxy) is 1. The highest BCUT2D eigenvalue weighted by Crippen LogP contribution is 2.37. The number of benzene rings is 2. The van der Waals surface area contributed by atoms with E-state index in [4.69, 9.17) is 4.74 Å². The molecule has 0 amide bonds. The smallest absolute Gasteiger partial charge is 0.446 e. The fourth-order valence-corrected chi connectivity index (χ4v) is 3.64. The Bertz CT molecular complexity index is 1230. The molecule has 0 aliphatic heterocycles. The van der Waals surface area contributed by atoms with E-state index in [0.29, 0.717) is 27.8 Å². The standard InChI is InChI=1S/C20H15F3N4O2S/c1-26-11-13(10-24-26)18-16-9-12(19(28)29-2)3-8-17(16)27(25-18)14-4-6-15(7-5-14)30-20(21,22)23/h3-11H,1-2H3. The van der Waals surface area contributed by atoms with Gasteiger partial charge >= 0.3 is 11.5 Å². The van der Waals surface area contributed by atoms with Crippen LogP contribution in [-0.2, 0) is 11.8 Å². The Morgan fingerprint density at radius 3 is 2.47 bits per heavy atom. The van der Waals surface area contributed by atoms with Gasteiger partial charge in [0.05, 0.1) is 30.1 Å². The van der Waals surface area contributed by atoms with Crippen molar-refractivity contribution in [2.24, 2.45) is 7.05 Å². The Labute approximate surface area is 173 Å². The molecule has 0 saturated carbocycles. The van der Waals surface area contributed by atoms with E-state index in [-0.39, 0.29) is 16.7 Å². The van der Waals surface area contributed by atoms with Crippen LogP contribution < -0.4 is 0 Å². The number of alkyl halides is 3. The predicted molar refractivity (Wildman–Crippen MR) is 107 cm³/mol. The second kappa shape index (κ2) is 7.52. The molecule has 2 aromatic heterocycles. The van der Waals surface area contributed by atoms with Crippen LogP contribution in [-0.4, -0.2) is 38.1 Å². The molecule has 6 nitrogen and oxygen atoms in total. The van der Waals surface area contributed by atoms with E-state index >= 15 is 0 Å². The maximum atomic E-state index is 12.6. The summed E-state index contributed by atoms with van der Waals surface area (Å²) in [5, 5.41) is 9.52. The molecule has 0 radical (unpaired) electrons. The van der Waals surface area contributed by atoms with Crippen LogP contribution in [0.4, 0.5) is 13.2 Å². The van der Waals surface area contributed by atoms with E-state index in [0.717, 1.165) is 5.56 Å². The molecule has 0 atom stereocenters. The third-order valence-electron chi connectivity index (χ3n) is 4.39. The molecule has 0 N–H and O–H groups in total. The average Bonchev–Trinajstić information content (AvgIpc) is 3.30. The molecular formula is C20H15F3N4O2S. The zero-order valence-electron chi connectivity index (χ0n) is 15.8. The lowest BCUT2D eigenvalue weighted by Gasteiger charge is -2.07. The van der Waals surface area contributed by atoms with Crippen LogP contribution in [0.15, 0.2) is 59.8 Å². The molecule has 30 heavy (non-hydrogen) atoms. The number of rotatable bonds is 4. The number of carbonyl (C=O) groups is 1. The third-order valence-corrected chi connectivity index (χ3v) is 5.13. The molecule has 4 rings (SSSR count). The zero-order chi connectivity index (χ0) is 21.5. The van der Waals surface area contributed by atoms with Crippen LogP contribution in [0.1, 0.15) is 10.4 Å². The summed E-state index contributed by atoms with van der Waals surface area (Å²) in [6, 6.07) is 11.0. The van der Waals surface area contributed by atoms with E-state index in [1.807, 2.05) is 0 Å². The molecule has 0 fully saturated rings. The number of methoxy groups -OCH3 is 1. The van der Waals surface area contributed by atoms with Gasteiger partial charge in [-0.25, -0.2) is 9.48 Å². The number of thioether (sulfide) groups is 1. The maximum absolute atomic E-state index is 12.6. The van der Waals surface area contributed by atoms with E-state index in [1.165, 1.54) is 19.2 Å². The van der Waals surface area contributed by atoms with Gasteiger partial charge in [-0.05, 0) is 54.2 Å². The van der Waals surface area contributed by atoms with Gasteiger partial charge in [0.1, 0.15) is 5.69 Å². The fraction of sp³-hybridized carbons (Fsp3) is 0.150. The molecule has 0 aliphatic rings. The van der Waals surface area contributed by atoms with Crippen molar-refractivity contribution >= 4 is 28.6 Å². The molecule has 10 heteroatoms. The normalized spacial score (nSPS) is 11.8. The summed E-state index contributed by atoms with van der Waals surface area (Å²) in [6.45, 7) is 0. The minimum Gasteiger partial charge on any atom is -0.465 e. The second-order valence-electron chi connectivity index (χ2n) is 6.43. The number of fused-ring (bicyclic) bond motifs is 1. The van der Waals surface area contributed by atoms with Crippen molar-refractivity contribution in [3.05, 3.63) is 60.4 Å². The van der Waals surface area contributed by atoms with Gasteiger partial charge in [0.15, 0.2) is 0 Å². The maximum Gasteiger partial charge on any atom is 0.446 e. The molecule has 154 valence electrons. The minimum absolute atomic E-state index is 0.0863. The highest BCUT2D eigenvalue weighted by atomic mass is 32.2. The fourth-order valence-electron chi connectivity index (χ4n) is 3.11. The summed E-state index contributed by atoms with van der Waals surface area (Å²) in [6.07, 6.45) is 3.44. The summed E-state index contributed by atoms with van der Waals surface area (Å²) >= 11 is -0.171. The molecule has 2 aromatic carbocycles. The quantitative estimate of drug-likeness (QED) is 0.342. The number of aromatic nitrogens is 4. The SMILES string of the molecule is COC(=O)c1ccc2c(c1)c(-c1cnn(C)c1)nn2-c1ccc(SC(F)(F)F)cc1. The Morgan fingerprint density at radius 2 is 1.87 bits per heavy atom. The molecule has 0 spiro atoms. The lowest BCUT2D eigenvalue weighted by Crippen LogP contribution is -2.01. The number of hydrogen-bond acceptors (Lipinski definition) is 5. The Hall–Kier alpha value is -3.27. The summed E-state index contributed by atoms with van der Waals surface area (Å²) in [5.41, 5.74) is -1.36. The summed E-state index contributed by atoms with van der Waals surface area (Å²) in [7, 11) is 3.08. The van der Waals surface area contributed by atoms with Crippen LogP contribution in [0.2, 0.25) is 0 Å². The number of esters is 1. The lowest BCUT2D eigenvalue weighted by molar-refractivity contribution is -0.0328. The van der Waals surface area contributed by atoms with Crippen LogP contribution in [0.5, 0.6) is 0 Å². The first kappa shape index (κ1) is 20.0. The largest absolute Gasteiger partial charge is 0.465 e. The topological polar surface area (TPSA) is 61.9 Å². The molecule has 0 bridgehead atoms. The van der Waals surface area contributed by atoms with Crippen molar-refractivity contribution in [1.29, 1.82) is 0 Å². The molecule has 0 unspecified atom stereocenters. The van der Waals surface area contributed by atoms with Gasteiger partial charge in [-0.1, -0.05) is 0 Å².